The van der Waals surface area contributed by atoms with Crippen molar-refractivity contribution >= 4 is 5.91 Å². The lowest BCUT2D eigenvalue weighted by Gasteiger charge is -2.15. The van der Waals surface area contributed by atoms with Crippen molar-refractivity contribution in [2.45, 2.75) is 25.7 Å². The molecule has 0 radical (unpaired) electrons. The molecule has 0 spiro atoms. The molecular weight excluding hydrogens is 266 g/mol. The molecule has 8 nitrogen and oxygen atoms in total. The average Bonchev–Trinajstić information content (AvgIpc) is 2.85. The fourth-order valence-corrected chi connectivity index (χ4v) is 2.33. The zero-order chi connectivity index (χ0) is 14.9. The summed E-state index contributed by atoms with van der Waals surface area (Å²) in [7, 11) is 1.50. The van der Waals surface area contributed by atoms with Crippen molar-refractivity contribution in [1.29, 1.82) is 0 Å². The number of rotatable bonds is 3. The molecule has 1 aliphatic heterocycles. The quantitative estimate of drug-likeness (QED) is 0.624. The fourth-order valence-electron chi connectivity index (χ4n) is 2.33. The number of hydrogen-bond donors (Lipinski definition) is 3. The number of amides is 1. The molecule has 110 valence electrons. The van der Waals surface area contributed by atoms with Crippen molar-refractivity contribution in [2.75, 3.05) is 13.7 Å². The Bertz CT molecular complexity index is 620. The fraction of sp³-hybridized carbons (Fsp3) is 0.583. The van der Waals surface area contributed by atoms with E-state index in [1.165, 1.54) is 17.8 Å². The van der Waals surface area contributed by atoms with Crippen LogP contribution in [0, 0.1) is 12.8 Å². The lowest BCUT2D eigenvalue weighted by atomic mass is 10.0. The highest BCUT2D eigenvalue weighted by Crippen LogP contribution is 2.32. The third-order valence-electron chi connectivity index (χ3n) is 3.46. The molecule has 8 heteroatoms. The van der Waals surface area contributed by atoms with Gasteiger partial charge in [0.25, 0.3) is 5.56 Å². The van der Waals surface area contributed by atoms with E-state index in [1.807, 2.05) is 0 Å². The highest BCUT2D eigenvalue weighted by atomic mass is 16.5. The Balaban J connectivity index is 2.32. The van der Waals surface area contributed by atoms with E-state index in [9.17, 15) is 19.5 Å². The van der Waals surface area contributed by atoms with Gasteiger partial charge in [-0.1, -0.05) is 0 Å². The minimum atomic E-state index is -0.683. The van der Waals surface area contributed by atoms with Crippen molar-refractivity contribution in [2.24, 2.45) is 5.92 Å². The predicted molar refractivity (Wildman–Crippen MR) is 69.2 cm³/mol. The second kappa shape index (κ2) is 5.59. The minimum Gasteiger partial charge on any atom is -0.394 e. The van der Waals surface area contributed by atoms with Gasteiger partial charge in [0.1, 0.15) is 6.23 Å². The monoisotopic (exact) mass is 283 g/mol. The number of carbonyl (C=O) groups is 1. The number of nitrogens with zero attached hydrogens (tertiary/aromatic N) is 1. The number of nitrogens with one attached hydrogen (secondary N) is 2. The van der Waals surface area contributed by atoms with Crippen LogP contribution >= 0.6 is 0 Å². The van der Waals surface area contributed by atoms with Crippen LogP contribution in [0.2, 0.25) is 0 Å². The lowest BCUT2D eigenvalue weighted by molar-refractivity contribution is -0.127. The molecule has 1 aromatic rings. The molecule has 0 unspecified atom stereocenters. The molecule has 0 aliphatic carbocycles. The van der Waals surface area contributed by atoms with Crippen LogP contribution in [0.5, 0.6) is 0 Å². The molecule has 1 amide bonds. The lowest BCUT2D eigenvalue weighted by Crippen LogP contribution is -2.34. The Morgan fingerprint density at radius 2 is 2.30 bits per heavy atom. The SMILES string of the molecule is CNC(=O)[C@@H]1C[C@H](n2cc(C)c(=O)[nH]c2=O)O[C@@H]1CO. The minimum absolute atomic E-state index is 0.249. The van der Waals surface area contributed by atoms with E-state index in [0.717, 1.165) is 0 Å². The van der Waals surface area contributed by atoms with Crippen molar-refractivity contribution in [3.63, 3.8) is 0 Å². The first-order valence-electron chi connectivity index (χ1n) is 6.28. The number of hydrogen-bond acceptors (Lipinski definition) is 5. The summed E-state index contributed by atoms with van der Waals surface area (Å²) in [4.78, 5) is 37.0. The average molecular weight is 283 g/mol. The topological polar surface area (TPSA) is 113 Å². The summed E-state index contributed by atoms with van der Waals surface area (Å²) in [6.07, 6.45) is 0.305. The molecule has 1 aliphatic rings. The molecule has 20 heavy (non-hydrogen) atoms. The Kier molecular flexibility index (Phi) is 4.05. The van der Waals surface area contributed by atoms with Crippen molar-refractivity contribution in [1.82, 2.24) is 14.9 Å². The first-order valence-corrected chi connectivity index (χ1v) is 6.28. The first kappa shape index (κ1) is 14.5. The van der Waals surface area contributed by atoms with E-state index in [-0.39, 0.29) is 18.9 Å². The number of ether oxygens (including phenoxy) is 1. The molecule has 0 aromatic carbocycles. The van der Waals surface area contributed by atoms with Gasteiger partial charge >= 0.3 is 5.69 Å². The van der Waals surface area contributed by atoms with Gasteiger partial charge in [0, 0.05) is 25.2 Å². The van der Waals surface area contributed by atoms with Crippen LogP contribution in [0.15, 0.2) is 15.8 Å². The number of aliphatic hydroxyl groups excluding tert-OH is 1. The maximum Gasteiger partial charge on any atom is 0.330 e. The van der Waals surface area contributed by atoms with Gasteiger partial charge in [-0.2, -0.15) is 0 Å². The zero-order valence-corrected chi connectivity index (χ0v) is 11.3. The van der Waals surface area contributed by atoms with Crippen LogP contribution in [0.25, 0.3) is 0 Å². The van der Waals surface area contributed by atoms with Gasteiger partial charge in [-0.25, -0.2) is 4.79 Å². The summed E-state index contributed by atoms with van der Waals surface area (Å²) in [5, 5.41) is 11.8. The third kappa shape index (κ3) is 2.52. The van der Waals surface area contributed by atoms with Gasteiger partial charge in [0.2, 0.25) is 5.91 Å². The molecule has 1 fully saturated rings. The van der Waals surface area contributed by atoms with Gasteiger partial charge in [0.15, 0.2) is 0 Å². The summed E-state index contributed by atoms with van der Waals surface area (Å²) in [6, 6.07) is 0. The van der Waals surface area contributed by atoms with Crippen LogP contribution in [-0.2, 0) is 9.53 Å². The Hall–Kier alpha value is -1.93. The Labute approximate surface area is 114 Å². The summed E-state index contributed by atoms with van der Waals surface area (Å²) in [6.45, 7) is 1.26. The van der Waals surface area contributed by atoms with Crippen molar-refractivity contribution < 1.29 is 14.6 Å². The molecule has 1 aromatic heterocycles. The van der Waals surface area contributed by atoms with E-state index < -0.39 is 29.5 Å². The Morgan fingerprint density at radius 1 is 1.60 bits per heavy atom. The molecule has 2 rings (SSSR count). The molecule has 0 bridgehead atoms. The van der Waals surface area contributed by atoms with E-state index in [4.69, 9.17) is 4.74 Å². The van der Waals surface area contributed by atoms with Crippen LogP contribution in [0.3, 0.4) is 0 Å². The Morgan fingerprint density at radius 3 is 2.90 bits per heavy atom. The van der Waals surface area contributed by atoms with Crippen LogP contribution < -0.4 is 16.6 Å². The largest absolute Gasteiger partial charge is 0.394 e. The number of aromatic amines is 1. The van der Waals surface area contributed by atoms with Gasteiger partial charge in [-0.05, 0) is 6.92 Å². The molecular formula is C12H17N3O5. The summed E-state index contributed by atoms with van der Waals surface area (Å²) >= 11 is 0. The van der Waals surface area contributed by atoms with Crippen molar-refractivity contribution in [3.05, 3.63) is 32.6 Å². The van der Waals surface area contributed by atoms with E-state index >= 15 is 0 Å². The second-order valence-electron chi connectivity index (χ2n) is 4.75. The highest BCUT2D eigenvalue weighted by Gasteiger charge is 2.40. The first-order chi connectivity index (χ1) is 9.47. The number of H-pyrrole nitrogens is 1. The number of aryl methyl sites for hydroxylation is 1. The third-order valence-corrected chi connectivity index (χ3v) is 3.46. The van der Waals surface area contributed by atoms with Crippen LogP contribution in [0.4, 0.5) is 0 Å². The van der Waals surface area contributed by atoms with Gasteiger partial charge in [0.05, 0.1) is 18.6 Å². The number of carbonyl (C=O) groups excluding carboxylic acids is 1. The smallest absolute Gasteiger partial charge is 0.330 e. The second-order valence-corrected chi connectivity index (χ2v) is 4.75. The molecule has 1 saturated heterocycles. The molecule has 0 saturated carbocycles. The van der Waals surface area contributed by atoms with E-state index in [1.54, 1.807) is 6.92 Å². The molecule has 3 N–H and O–H groups in total. The molecule has 2 heterocycles. The summed E-state index contributed by atoms with van der Waals surface area (Å²) in [5.74, 6) is -0.783. The standard InChI is InChI=1S/C12H17N3O5/c1-6-4-15(12(19)14-10(6)17)9-3-7(11(18)13-2)8(5-16)20-9/h4,7-9,16H,3,5H2,1-2H3,(H,13,18)(H,14,17,19)/t7-,8-,9-/m1/s1. The highest BCUT2D eigenvalue weighted by molar-refractivity contribution is 5.79. The summed E-state index contributed by atoms with van der Waals surface area (Å²) < 4.78 is 6.78. The number of aliphatic hydroxyl groups is 1. The van der Waals surface area contributed by atoms with Crippen LogP contribution in [-0.4, -0.2) is 40.3 Å². The van der Waals surface area contributed by atoms with E-state index in [0.29, 0.717) is 5.56 Å². The zero-order valence-electron chi connectivity index (χ0n) is 11.3. The maximum absolute atomic E-state index is 11.8. The number of aromatic nitrogens is 2. The maximum atomic E-state index is 11.8. The van der Waals surface area contributed by atoms with Gasteiger partial charge in [-0.15, -0.1) is 0 Å². The summed E-state index contributed by atoms with van der Waals surface area (Å²) in [5.41, 5.74) is -0.678. The van der Waals surface area contributed by atoms with Crippen molar-refractivity contribution in [3.8, 4) is 0 Å². The van der Waals surface area contributed by atoms with Gasteiger partial charge < -0.3 is 15.2 Å². The van der Waals surface area contributed by atoms with Gasteiger partial charge in [-0.3, -0.25) is 19.1 Å². The normalized spacial score (nSPS) is 25.6. The van der Waals surface area contributed by atoms with E-state index in [2.05, 4.69) is 10.3 Å². The molecule has 3 atom stereocenters. The van der Waals surface area contributed by atoms with Crippen LogP contribution in [0.1, 0.15) is 18.2 Å². The predicted octanol–water partition coefficient (Wildman–Crippen LogP) is -1.51.